The number of fused-ring (bicyclic) bond motifs is 1. The van der Waals surface area contributed by atoms with Crippen LogP contribution in [0.2, 0.25) is 0 Å². The van der Waals surface area contributed by atoms with Crippen molar-refractivity contribution < 1.29 is 0 Å². The largest absolute Gasteiger partial charge is 0.383 e. The maximum absolute atomic E-state index is 6.23. The highest BCUT2D eigenvalue weighted by atomic mass is 79.9. The molecule has 0 spiro atoms. The number of nitrogens with two attached hydrogens (primary N) is 1. The first-order valence-electron chi connectivity index (χ1n) is 6.07. The predicted molar refractivity (Wildman–Crippen MR) is 82.2 cm³/mol. The average Bonchev–Trinajstić information content (AvgIpc) is 2.69. The number of halogens is 1. The molecule has 0 saturated carbocycles. The lowest BCUT2D eigenvalue weighted by Crippen LogP contribution is -1.95. The summed E-state index contributed by atoms with van der Waals surface area (Å²) in [6.45, 7) is 4.10. The molecule has 0 radical (unpaired) electrons. The van der Waals surface area contributed by atoms with Crippen LogP contribution >= 0.6 is 15.9 Å². The summed E-state index contributed by atoms with van der Waals surface area (Å²) in [5, 5.41) is 0. The van der Waals surface area contributed by atoms with E-state index in [0.717, 1.165) is 26.9 Å². The second kappa shape index (κ2) is 4.38. The van der Waals surface area contributed by atoms with E-state index >= 15 is 0 Å². The molecular formula is C15H14BrN3. The Hall–Kier alpha value is -1.81. The van der Waals surface area contributed by atoms with Gasteiger partial charge in [0, 0.05) is 16.2 Å². The molecular weight excluding hydrogens is 302 g/mol. The molecule has 0 fully saturated rings. The van der Waals surface area contributed by atoms with E-state index in [1.54, 1.807) is 0 Å². The van der Waals surface area contributed by atoms with Gasteiger partial charge in [-0.15, -0.1) is 0 Å². The van der Waals surface area contributed by atoms with Gasteiger partial charge in [-0.2, -0.15) is 0 Å². The first-order chi connectivity index (χ1) is 9.06. The molecule has 96 valence electrons. The minimum atomic E-state index is 0.670. The fourth-order valence-corrected chi connectivity index (χ4v) is 2.76. The predicted octanol–water partition coefficient (Wildman–Crippen LogP) is 3.96. The van der Waals surface area contributed by atoms with Crippen LogP contribution in [0.1, 0.15) is 11.1 Å². The van der Waals surface area contributed by atoms with Crippen LogP contribution in [0.25, 0.3) is 16.9 Å². The van der Waals surface area contributed by atoms with Crippen LogP contribution in [-0.2, 0) is 0 Å². The molecule has 4 heteroatoms. The normalized spacial score (nSPS) is 11.1. The number of nitrogens with zero attached hydrogens (tertiary/aromatic N) is 2. The van der Waals surface area contributed by atoms with Crippen molar-refractivity contribution in [3.63, 3.8) is 0 Å². The van der Waals surface area contributed by atoms with Gasteiger partial charge in [-0.3, -0.25) is 4.40 Å². The number of hydrogen-bond donors (Lipinski definition) is 1. The summed E-state index contributed by atoms with van der Waals surface area (Å²) in [5.74, 6) is 0.670. The molecule has 0 saturated heterocycles. The third kappa shape index (κ3) is 2.02. The van der Waals surface area contributed by atoms with Gasteiger partial charge in [-0.1, -0.05) is 29.8 Å². The fraction of sp³-hybridized carbons (Fsp3) is 0.133. The van der Waals surface area contributed by atoms with Crippen LogP contribution in [0.5, 0.6) is 0 Å². The van der Waals surface area contributed by atoms with Crippen molar-refractivity contribution in [2.75, 3.05) is 5.73 Å². The third-order valence-electron chi connectivity index (χ3n) is 3.23. The SMILES string of the molecule is Cc1ccc(-c2nc3c(C)cc(Br)cn3c2N)cc1. The highest BCUT2D eigenvalue weighted by Crippen LogP contribution is 2.29. The zero-order chi connectivity index (χ0) is 13.6. The molecule has 3 rings (SSSR count). The monoisotopic (exact) mass is 315 g/mol. The number of hydrogen-bond acceptors (Lipinski definition) is 2. The molecule has 1 aromatic carbocycles. The van der Waals surface area contributed by atoms with Gasteiger partial charge in [0.2, 0.25) is 0 Å². The quantitative estimate of drug-likeness (QED) is 0.738. The van der Waals surface area contributed by atoms with Gasteiger partial charge in [-0.05, 0) is 41.4 Å². The number of benzene rings is 1. The molecule has 0 unspecified atom stereocenters. The molecule has 3 nitrogen and oxygen atoms in total. The average molecular weight is 316 g/mol. The van der Waals surface area contributed by atoms with Crippen molar-refractivity contribution in [3.8, 4) is 11.3 Å². The van der Waals surface area contributed by atoms with Crippen LogP contribution in [-0.4, -0.2) is 9.38 Å². The Balaban J connectivity index is 2.28. The van der Waals surface area contributed by atoms with Crippen molar-refractivity contribution >= 4 is 27.4 Å². The summed E-state index contributed by atoms with van der Waals surface area (Å²) in [5.41, 5.74) is 11.3. The van der Waals surface area contributed by atoms with Crippen molar-refractivity contribution in [2.24, 2.45) is 0 Å². The first kappa shape index (κ1) is 12.2. The summed E-state index contributed by atoms with van der Waals surface area (Å²) in [6.07, 6.45) is 1.95. The van der Waals surface area contributed by atoms with Gasteiger partial charge >= 0.3 is 0 Å². The molecule has 2 aromatic heterocycles. The van der Waals surface area contributed by atoms with Gasteiger partial charge in [0.25, 0.3) is 0 Å². The Kier molecular flexibility index (Phi) is 2.82. The zero-order valence-electron chi connectivity index (χ0n) is 10.8. The molecule has 19 heavy (non-hydrogen) atoms. The zero-order valence-corrected chi connectivity index (χ0v) is 12.4. The number of anilines is 1. The van der Waals surface area contributed by atoms with Gasteiger partial charge < -0.3 is 5.73 Å². The maximum Gasteiger partial charge on any atom is 0.142 e. The van der Waals surface area contributed by atoms with E-state index in [0.29, 0.717) is 5.82 Å². The van der Waals surface area contributed by atoms with Gasteiger partial charge in [0.1, 0.15) is 17.2 Å². The van der Waals surface area contributed by atoms with E-state index in [9.17, 15) is 0 Å². The van der Waals surface area contributed by atoms with E-state index in [1.807, 2.05) is 23.6 Å². The van der Waals surface area contributed by atoms with Crippen LogP contribution in [0.15, 0.2) is 41.0 Å². The fourth-order valence-electron chi connectivity index (χ4n) is 2.21. The van der Waals surface area contributed by atoms with Gasteiger partial charge in [0.15, 0.2) is 0 Å². The number of imidazole rings is 1. The number of pyridine rings is 1. The lowest BCUT2D eigenvalue weighted by molar-refractivity contribution is 1.16. The lowest BCUT2D eigenvalue weighted by Gasteiger charge is -2.01. The van der Waals surface area contributed by atoms with Gasteiger partial charge in [-0.25, -0.2) is 4.98 Å². The van der Waals surface area contributed by atoms with Crippen molar-refractivity contribution in [1.82, 2.24) is 9.38 Å². The molecule has 0 aliphatic heterocycles. The van der Waals surface area contributed by atoms with Crippen LogP contribution in [0, 0.1) is 13.8 Å². The summed E-state index contributed by atoms with van der Waals surface area (Å²) in [7, 11) is 0. The van der Waals surface area contributed by atoms with Crippen LogP contribution in [0.4, 0.5) is 5.82 Å². The van der Waals surface area contributed by atoms with E-state index in [4.69, 9.17) is 5.73 Å². The lowest BCUT2D eigenvalue weighted by atomic mass is 10.1. The summed E-state index contributed by atoms with van der Waals surface area (Å²) < 4.78 is 2.92. The second-order valence-corrected chi connectivity index (χ2v) is 5.66. The van der Waals surface area contributed by atoms with Crippen molar-refractivity contribution in [3.05, 3.63) is 52.1 Å². The van der Waals surface area contributed by atoms with E-state index in [2.05, 4.69) is 52.1 Å². The minimum absolute atomic E-state index is 0.670. The Bertz CT molecular complexity index is 757. The molecule has 2 N–H and O–H groups in total. The van der Waals surface area contributed by atoms with E-state index < -0.39 is 0 Å². The topological polar surface area (TPSA) is 43.3 Å². The second-order valence-electron chi connectivity index (χ2n) is 4.75. The molecule has 0 aliphatic carbocycles. The molecule has 0 atom stereocenters. The smallest absolute Gasteiger partial charge is 0.142 e. The molecule has 0 bridgehead atoms. The Morgan fingerprint density at radius 3 is 2.53 bits per heavy atom. The first-order valence-corrected chi connectivity index (χ1v) is 6.86. The Morgan fingerprint density at radius 2 is 1.84 bits per heavy atom. The molecule has 0 aliphatic rings. The third-order valence-corrected chi connectivity index (χ3v) is 3.67. The van der Waals surface area contributed by atoms with E-state index in [-0.39, 0.29) is 0 Å². The minimum Gasteiger partial charge on any atom is -0.383 e. The number of rotatable bonds is 1. The summed E-state index contributed by atoms with van der Waals surface area (Å²) in [4.78, 5) is 4.67. The van der Waals surface area contributed by atoms with Crippen molar-refractivity contribution in [2.45, 2.75) is 13.8 Å². The maximum atomic E-state index is 6.23. The Morgan fingerprint density at radius 1 is 1.16 bits per heavy atom. The molecule has 3 aromatic rings. The highest BCUT2D eigenvalue weighted by Gasteiger charge is 2.13. The molecule has 2 heterocycles. The Labute approximate surface area is 120 Å². The summed E-state index contributed by atoms with van der Waals surface area (Å²) >= 11 is 3.49. The number of nitrogen functional groups attached to an aromatic ring is 1. The standard InChI is InChI=1S/C15H14BrN3/c1-9-3-5-11(6-4-9)13-14(17)19-8-12(16)7-10(2)15(19)18-13/h3-8H,17H2,1-2H3. The van der Waals surface area contributed by atoms with Crippen LogP contribution < -0.4 is 5.73 Å². The van der Waals surface area contributed by atoms with E-state index in [1.165, 1.54) is 5.56 Å². The number of aromatic nitrogens is 2. The van der Waals surface area contributed by atoms with Crippen molar-refractivity contribution in [1.29, 1.82) is 0 Å². The van der Waals surface area contributed by atoms with Gasteiger partial charge in [0.05, 0.1) is 0 Å². The highest BCUT2D eigenvalue weighted by molar-refractivity contribution is 9.10. The number of aryl methyl sites for hydroxylation is 2. The summed E-state index contributed by atoms with van der Waals surface area (Å²) in [6, 6.07) is 10.3. The molecule has 0 amide bonds. The van der Waals surface area contributed by atoms with Crippen LogP contribution in [0.3, 0.4) is 0 Å².